The maximum absolute atomic E-state index is 12.4. The fourth-order valence-corrected chi connectivity index (χ4v) is 2.87. The molecule has 0 unspecified atom stereocenters. The van der Waals surface area contributed by atoms with Crippen molar-refractivity contribution in [2.45, 2.75) is 19.9 Å². The van der Waals surface area contributed by atoms with Crippen molar-refractivity contribution in [3.8, 4) is 5.75 Å². The van der Waals surface area contributed by atoms with Gasteiger partial charge >= 0.3 is 0 Å². The molecule has 0 spiro atoms. The van der Waals surface area contributed by atoms with Gasteiger partial charge < -0.3 is 10.1 Å². The molecule has 0 radical (unpaired) electrons. The van der Waals surface area contributed by atoms with E-state index in [-0.39, 0.29) is 18.0 Å². The highest BCUT2D eigenvalue weighted by Crippen LogP contribution is 2.19. The third-order valence-electron chi connectivity index (χ3n) is 4.20. The number of carbonyl (C=O) groups is 1. The topological polar surface area (TPSA) is 73.2 Å². The number of carbonyl (C=O) groups excluding carboxylic acids is 1. The van der Waals surface area contributed by atoms with Crippen LogP contribution in [-0.2, 0) is 17.8 Å². The molecule has 0 saturated heterocycles. The molecule has 1 amide bonds. The van der Waals surface area contributed by atoms with Crippen molar-refractivity contribution in [2.75, 3.05) is 13.7 Å². The molecule has 0 fully saturated rings. The van der Waals surface area contributed by atoms with Gasteiger partial charge in [0, 0.05) is 6.54 Å². The molecule has 0 aliphatic rings. The molecule has 1 aromatic heterocycles. The first-order valence-electron chi connectivity index (χ1n) is 8.43. The summed E-state index contributed by atoms with van der Waals surface area (Å²) in [5.74, 6) is 0.579. The molecule has 0 aliphatic heterocycles. The monoisotopic (exact) mass is 351 g/mol. The first-order chi connectivity index (χ1) is 12.6. The highest BCUT2D eigenvalue weighted by atomic mass is 16.5. The lowest BCUT2D eigenvalue weighted by atomic mass is 10.1. The summed E-state index contributed by atoms with van der Waals surface area (Å²) < 4.78 is 6.67. The van der Waals surface area contributed by atoms with E-state index in [1.54, 1.807) is 25.3 Å². The molecule has 3 aromatic rings. The van der Waals surface area contributed by atoms with Gasteiger partial charge in [0.05, 0.1) is 24.3 Å². The van der Waals surface area contributed by atoms with E-state index < -0.39 is 0 Å². The Morgan fingerprint density at radius 3 is 2.85 bits per heavy atom. The summed E-state index contributed by atoms with van der Waals surface area (Å²) in [5, 5.41) is 3.35. The number of ether oxygens (including phenoxy) is 1. The zero-order valence-electron chi connectivity index (χ0n) is 14.9. The molecule has 1 heterocycles. The number of rotatable bonds is 6. The summed E-state index contributed by atoms with van der Waals surface area (Å²) >= 11 is 0. The number of amides is 1. The van der Waals surface area contributed by atoms with Crippen LogP contribution < -0.4 is 15.6 Å². The van der Waals surface area contributed by atoms with Gasteiger partial charge in [-0.3, -0.25) is 14.2 Å². The molecule has 0 aliphatic carbocycles. The lowest BCUT2D eigenvalue weighted by Gasteiger charge is -2.11. The van der Waals surface area contributed by atoms with Crippen molar-refractivity contribution in [1.29, 1.82) is 0 Å². The Balaban J connectivity index is 1.62. The summed E-state index contributed by atoms with van der Waals surface area (Å²) in [7, 11) is 1.63. The number of methoxy groups -OCH3 is 1. The van der Waals surface area contributed by atoms with Crippen molar-refractivity contribution in [2.24, 2.45) is 0 Å². The number of hydrogen-bond acceptors (Lipinski definition) is 4. The van der Waals surface area contributed by atoms with E-state index in [0.717, 1.165) is 16.9 Å². The summed E-state index contributed by atoms with van der Waals surface area (Å²) in [6.45, 7) is 2.43. The van der Waals surface area contributed by atoms with E-state index in [1.807, 2.05) is 31.2 Å². The molecule has 1 N–H and O–H groups in total. The van der Waals surface area contributed by atoms with Gasteiger partial charge in [0.1, 0.15) is 12.3 Å². The van der Waals surface area contributed by atoms with Crippen LogP contribution in [0.5, 0.6) is 5.75 Å². The number of fused-ring (bicyclic) bond motifs is 1. The Bertz CT molecular complexity index is 995. The molecule has 6 heteroatoms. The van der Waals surface area contributed by atoms with Gasteiger partial charge in [-0.25, -0.2) is 4.98 Å². The molecular formula is C20H21N3O3. The van der Waals surface area contributed by atoms with Crippen molar-refractivity contribution in [3.63, 3.8) is 0 Å². The Kier molecular flexibility index (Phi) is 5.31. The van der Waals surface area contributed by atoms with Crippen LogP contribution in [0.15, 0.2) is 53.6 Å². The first-order valence-corrected chi connectivity index (χ1v) is 8.43. The van der Waals surface area contributed by atoms with Crippen LogP contribution in [0.1, 0.15) is 11.1 Å². The molecular weight excluding hydrogens is 330 g/mol. The van der Waals surface area contributed by atoms with Crippen LogP contribution in [0.4, 0.5) is 0 Å². The average molecular weight is 351 g/mol. The Hall–Kier alpha value is -3.15. The minimum atomic E-state index is -0.226. The quantitative estimate of drug-likeness (QED) is 0.738. The van der Waals surface area contributed by atoms with Gasteiger partial charge in [-0.2, -0.15) is 0 Å². The van der Waals surface area contributed by atoms with Crippen LogP contribution >= 0.6 is 0 Å². The summed E-state index contributed by atoms with van der Waals surface area (Å²) in [6, 6.07) is 13.0. The fraction of sp³-hybridized carbons (Fsp3) is 0.250. The van der Waals surface area contributed by atoms with Gasteiger partial charge in [0.15, 0.2) is 0 Å². The van der Waals surface area contributed by atoms with E-state index in [9.17, 15) is 9.59 Å². The maximum atomic E-state index is 12.4. The van der Waals surface area contributed by atoms with Crippen LogP contribution in [0, 0.1) is 6.92 Å². The molecule has 0 atom stereocenters. The smallest absolute Gasteiger partial charge is 0.261 e. The number of para-hydroxylation sites is 1. The van der Waals surface area contributed by atoms with E-state index in [0.29, 0.717) is 23.9 Å². The number of aromatic nitrogens is 2. The Morgan fingerprint density at radius 2 is 2.04 bits per heavy atom. The molecule has 134 valence electrons. The molecule has 26 heavy (non-hydrogen) atoms. The zero-order chi connectivity index (χ0) is 18.5. The normalized spacial score (nSPS) is 10.7. The van der Waals surface area contributed by atoms with Crippen LogP contribution in [0.3, 0.4) is 0 Å². The minimum absolute atomic E-state index is 0.0539. The third-order valence-corrected chi connectivity index (χ3v) is 4.20. The summed E-state index contributed by atoms with van der Waals surface area (Å²) in [6.07, 6.45) is 2.06. The largest absolute Gasteiger partial charge is 0.496 e. The van der Waals surface area contributed by atoms with Gasteiger partial charge in [-0.05, 0) is 37.1 Å². The van der Waals surface area contributed by atoms with Crippen molar-refractivity contribution in [1.82, 2.24) is 14.9 Å². The lowest BCUT2D eigenvalue weighted by Crippen LogP contribution is -2.33. The molecule has 6 nitrogen and oxygen atoms in total. The molecule has 3 rings (SSSR count). The van der Waals surface area contributed by atoms with Crippen molar-refractivity contribution < 1.29 is 9.53 Å². The predicted octanol–water partition coefficient (Wildman–Crippen LogP) is 2.07. The number of aryl methyl sites for hydroxylation is 1. The van der Waals surface area contributed by atoms with E-state index >= 15 is 0 Å². The average Bonchev–Trinajstić information content (AvgIpc) is 2.64. The number of benzene rings is 2. The summed E-state index contributed by atoms with van der Waals surface area (Å²) in [4.78, 5) is 28.8. The predicted molar refractivity (Wildman–Crippen MR) is 100 cm³/mol. The van der Waals surface area contributed by atoms with E-state index in [2.05, 4.69) is 10.3 Å². The van der Waals surface area contributed by atoms with E-state index in [4.69, 9.17) is 4.74 Å². The fourth-order valence-electron chi connectivity index (χ4n) is 2.87. The highest BCUT2D eigenvalue weighted by Gasteiger charge is 2.08. The Labute approximate surface area is 151 Å². The number of hydrogen-bond donors (Lipinski definition) is 1. The third kappa shape index (κ3) is 3.91. The standard InChI is InChI=1S/C20H21N3O3/c1-14-7-8-18(26-2)15(11-14)9-10-21-19(24)12-23-13-22-17-6-4-3-5-16(17)20(23)25/h3-8,11,13H,9-10,12H2,1-2H3,(H,21,24). The van der Waals surface area contributed by atoms with Gasteiger partial charge in [-0.1, -0.05) is 29.8 Å². The lowest BCUT2D eigenvalue weighted by molar-refractivity contribution is -0.121. The minimum Gasteiger partial charge on any atom is -0.496 e. The molecule has 2 aromatic carbocycles. The zero-order valence-corrected chi connectivity index (χ0v) is 14.9. The maximum Gasteiger partial charge on any atom is 0.261 e. The second-order valence-electron chi connectivity index (χ2n) is 6.11. The second kappa shape index (κ2) is 7.82. The number of nitrogens with one attached hydrogen (secondary N) is 1. The second-order valence-corrected chi connectivity index (χ2v) is 6.11. The van der Waals surface area contributed by atoms with Crippen LogP contribution in [0.25, 0.3) is 10.9 Å². The summed E-state index contributed by atoms with van der Waals surface area (Å²) in [5.41, 5.74) is 2.59. The van der Waals surface area contributed by atoms with E-state index in [1.165, 1.54) is 10.9 Å². The molecule has 0 saturated carbocycles. The first kappa shape index (κ1) is 17.7. The SMILES string of the molecule is COc1ccc(C)cc1CCNC(=O)Cn1cnc2ccccc2c1=O. The Morgan fingerprint density at radius 1 is 1.23 bits per heavy atom. The van der Waals surface area contributed by atoms with Gasteiger partial charge in [0.2, 0.25) is 5.91 Å². The van der Waals surface area contributed by atoms with Gasteiger partial charge in [0.25, 0.3) is 5.56 Å². The van der Waals surface area contributed by atoms with Crippen LogP contribution in [0.2, 0.25) is 0 Å². The van der Waals surface area contributed by atoms with Crippen molar-refractivity contribution in [3.05, 3.63) is 70.3 Å². The highest BCUT2D eigenvalue weighted by molar-refractivity contribution is 5.78. The van der Waals surface area contributed by atoms with Crippen molar-refractivity contribution >= 4 is 16.8 Å². The van der Waals surface area contributed by atoms with Gasteiger partial charge in [-0.15, -0.1) is 0 Å². The number of nitrogens with zero attached hydrogens (tertiary/aromatic N) is 2. The van der Waals surface area contributed by atoms with Crippen LogP contribution in [-0.4, -0.2) is 29.1 Å². The molecule has 0 bridgehead atoms.